The molecule has 0 aromatic heterocycles. The highest BCUT2D eigenvalue weighted by Crippen LogP contribution is 2.37. The van der Waals surface area contributed by atoms with E-state index in [4.69, 9.17) is 14.2 Å². The van der Waals surface area contributed by atoms with E-state index in [1.807, 2.05) is 42.5 Å². The molecule has 0 spiro atoms. The van der Waals surface area contributed by atoms with Crippen LogP contribution >= 0.6 is 0 Å². The highest BCUT2D eigenvalue weighted by Gasteiger charge is 2.14. The molecule has 0 aliphatic rings. The summed E-state index contributed by atoms with van der Waals surface area (Å²) in [7, 11) is 3.34. The Labute approximate surface area is 224 Å². The molecule has 194 valence electrons. The van der Waals surface area contributed by atoms with Gasteiger partial charge in [-0.15, -0.1) is 0 Å². The minimum Gasteiger partial charge on any atom is -0.497 e. The van der Waals surface area contributed by atoms with Crippen LogP contribution in [0.15, 0.2) is 110 Å². The Balaban J connectivity index is 1.55. The number of rotatable bonds is 11. The molecule has 4 aromatic carbocycles. The first-order chi connectivity index (χ1) is 18.5. The molecule has 0 bridgehead atoms. The molecular weight excluding hydrogens is 474 g/mol. The summed E-state index contributed by atoms with van der Waals surface area (Å²) in [5.74, 6) is 1.51. The number of ether oxygens (including phenoxy) is 3. The quantitative estimate of drug-likeness (QED) is 0.152. The Kier molecular flexibility index (Phi) is 8.83. The Hall–Kier alpha value is -4.51. The zero-order valence-electron chi connectivity index (χ0n) is 22.1. The van der Waals surface area contributed by atoms with E-state index in [2.05, 4.69) is 73.0 Å². The molecule has 0 heterocycles. The number of hydrogen-bond donors (Lipinski definition) is 0. The van der Waals surface area contributed by atoms with Crippen LogP contribution in [0, 0.1) is 0 Å². The van der Waals surface area contributed by atoms with Crippen molar-refractivity contribution in [1.82, 2.24) is 0 Å². The fourth-order valence-corrected chi connectivity index (χ4v) is 4.30. The molecule has 0 N–H and O–H groups in total. The van der Waals surface area contributed by atoms with Crippen molar-refractivity contribution in [2.75, 3.05) is 25.7 Å². The number of carbonyl (C=O) groups is 1. The molecule has 0 fully saturated rings. The Morgan fingerprint density at radius 2 is 1.37 bits per heavy atom. The van der Waals surface area contributed by atoms with E-state index in [1.54, 1.807) is 14.2 Å². The highest BCUT2D eigenvalue weighted by molar-refractivity contribution is 5.81. The van der Waals surface area contributed by atoms with E-state index in [-0.39, 0.29) is 11.9 Å². The zero-order valence-corrected chi connectivity index (χ0v) is 22.1. The number of benzene rings is 4. The third kappa shape index (κ3) is 6.43. The molecule has 4 rings (SSSR count). The van der Waals surface area contributed by atoms with Gasteiger partial charge >= 0.3 is 5.97 Å². The lowest BCUT2D eigenvalue weighted by molar-refractivity contribution is -0.137. The predicted octanol–water partition coefficient (Wildman–Crippen LogP) is 8.06. The summed E-state index contributed by atoms with van der Waals surface area (Å²) >= 11 is 0. The third-order valence-electron chi connectivity index (χ3n) is 6.54. The topological polar surface area (TPSA) is 48.0 Å². The van der Waals surface area contributed by atoms with Crippen molar-refractivity contribution >= 4 is 23.0 Å². The fraction of sp³-hybridized carbons (Fsp3) is 0.182. The molecule has 1 atom stereocenters. The molecule has 38 heavy (non-hydrogen) atoms. The van der Waals surface area contributed by atoms with Crippen molar-refractivity contribution in [3.63, 3.8) is 0 Å². The molecule has 5 heteroatoms. The molecule has 0 radical (unpaired) electrons. The first-order valence-electron chi connectivity index (χ1n) is 12.6. The highest BCUT2D eigenvalue weighted by atomic mass is 16.5. The minimum absolute atomic E-state index is 0.282. The Bertz CT molecular complexity index is 1350. The SMILES string of the molecule is C=CC(=O)OCCC(C)c1ccc(-c2ccc(N(c3ccc(OC)cc3)c3cccc(OC)c3)cc2)cc1. The molecule has 0 saturated heterocycles. The van der Waals surface area contributed by atoms with Crippen molar-refractivity contribution in [3.05, 3.63) is 115 Å². The van der Waals surface area contributed by atoms with Gasteiger partial charge in [0.25, 0.3) is 0 Å². The molecule has 0 saturated carbocycles. The van der Waals surface area contributed by atoms with Crippen LogP contribution in [-0.2, 0) is 9.53 Å². The van der Waals surface area contributed by atoms with Gasteiger partial charge in [-0.2, -0.15) is 0 Å². The van der Waals surface area contributed by atoms with Crippen molar-refractivity contribution < 1.29 is 19.0 Å². The van der Waals surface area contributed by atoms with Crippen LogP contribution in [0.1, 0.15) is 24.8 Å². The predicted molar refractivity (Wildman–Crippen MR) is 154 cm³/mol. The van der Waals surface area contributed by atoms with E-state index in [0.717, 1.165) is 46.1 Å². The smallest absolute Gasteiger partial charge is 0.330 e. The van der Waals surface area contributed by atoms with Crippen molar-refractivity contribution in [1.29, 1.82) is 0 Å². The minimum atomic E-state index is -0.382. The van der Waals surface area contributed by atoms with Gasteiger partial charge in [0.05, 0.1) is 20.8 Å². The van der Waals surface area contributed by atoms with E-state index < -0.39 is 0 Å². The second-order valence-electron chi connectivity index (χ2n) is 8.97. The summed E-state index contributed by atoms with van der Waals surface area (Å²) < 4.78 is 16.0. The summed E-state index contributed by atoms with van der Waals surface area (Å²) in [6, 6.07) is 33.1. The first-order valence-corrected chi connectivity index (χ1v) is 12.6. The summed E-state index contributed by atoms with van der Waals surface area (Å²) in [4.78, 5) is 13.4. The van der Waals surface area contributed by atoms with Crippen LogP contribution in [-0.4, -0.2) is 26.8 Å². The van der Waals surface area contributed by atoms with Crippen LogP contribution in [0.4, 0.5) is 17.1 Å². The lowest BCUT2D eigenvalue weighted by Gasteiger charge is -2.26. The number of hydrogen-bond acceptors (Lipinski definition) is 5. The maximum atomic E-state index is 11.3. The van der Waals surface area contributed by atoms with E-state index in [1.165, 1.54) is 11.6 Å². The standard InChI is InChI=1S/C33H33NO4/c1-5-33(35)38-22-21-24(2)25-9-11-26(12-10-25)27-13-15-28(16-14-27)34(29-17-19-31(36-3)20-18-29)30-7-6-8-32(23-30)37-4/h5-20,23-24H,1,21-22H2,2-4H3. The fourth-order valence-electron chi connectivity index (χ4n) is 4.30. The molecule has 0 amide bonds. The second kappa shape index (κ2) is 12.6. The van der Waals surface area contributed by atoms with Gasteiger partial charge in [0.2, 0.25) is 0 Å². The Morgan fingerprint density at radius 3 is 1.95 bits per heavy atom. The van der Waals surface area contributed by atoms with Gasteiger partial charge in [0.15, 0.2) is 0 Å². The van der Waals surface area contributed by atoms with E-state index in [9.17, 15) is 4.79 Å². The zero-order chi connectivity index (χ0) is 26.9. The van der Waals surface area contributed by atoms with Gasteiger partial charge in [-0.3, -0.25) is 0 Å². The van der Waals surface area contributed by atoms with Gasteiger partial charge in [-0.25, -0.2) is 4.79 Å². The molecule has 1 unspecified atom stereocenters. The largest absolute Gasteiger partial charge is 0.497 e. The van der Waals surface area contributed by atoms with E-state index in [0.29, 0.717) is 6.61 Å². The van der Waals surface area contributed by atoms with Crippen molar-refractivity contribution in [2.24, 2.45) is 0 Å². The lowest BCUT2D eigenvalue weighted by atomic mass is 9.95. The molecule has 5 nitrogen and oxygen atoms in total. The number of esters is 1. The monoisotopic (exact) mass is 507 g/mol. The Morgan fingerprint density at radius 1 is 0.789 bits per heavy atom. The number of anilines is 3. The van der Waals surface area contributed by atoms with Crippen LogP contribution in [0.3, 0.4) is 0 Å². The van der Waals surface area contributed by atoms with Gasteiger partial charge in [-0.1, -0.05) is 56.0 Å². The second-order valence-corrected chi connectivity index (χ2v) is 8.97. The van der Waals surface area contributed by atoms with Crippen molar-refractivity contribution in [3.8, 4) is 22.6 Å². The number of methoxy groups -OCH3 is 2. The summed E-state index contributed by atoms with van der Waals surface area (Å²) in [6.07, 6.45) is 1.96. The molecular formula is C33H33NO4. The van der Waals surface area contributed by atoms with Gasteiger partial charge in [0, 0.05) is 29.2 Å². The molecule has 4 aromatic rings. The first kappa shape index (κ1) is 26.6. The normalized spacial score (nSPS) is 11.3. The molecule has 0 aliphatic heterocycles. The average Bonchev–Trinajstić information content (AvgIpc) is 2.98. The van der Waals surface area contributed by atoms with Crippen LogP contribution in [0.25, 0.3) is 11.1 Å². The summed E-state index contributed by atoms with van der Waals surface area (Å²) in [5, 5.41) is 0. The van der Waals surface area contributed by atoms with Crippen LogP contribution < -0.4 is 14.4 Å². The van der Waals surface area contributed by atoms with Gasteiger partial charge < -0.3 is 19.1 Å². The average molecular weight is 508 g/mol. The number of nitrogens with zero attached hydrogens (tertiary/aromatic N) is 1. The van der Waals surface area contributed by atoms with Gasteiger partial charge in [-0.05, 0) is 77.6 Å². The maximum Gasteiger partial charge on any atom is 0.330 e. The maximum absolute atomic E-state index is 11.3. The molecule has 0 aliphatic carbocycles. The van der Waals surface area contributed by atoms with Gasteiger partial charge in [0.1, 0.15) is 11.5 Å². The lowest BCUT2D eigenvalue weighted by Crippen LogP contribution is -2.10. The van der Waals surface area contributed by atoms with Crippen LogP contribution in [0.2, 0.25) is 0 Å². The summed E-state index contributed by atoms with van der Waals surface area (Å²) in [6.45, 7) is 5.95. The van der Waals surface area contributed by atoms with Crippen molar-refractivity contribution in [2.45, 2.75) is 19.3 Å². The van der Waals surface area contributed by atoms with E-state index >= 15 is 0 Å². The number of carbonyl (C=O) groups excluding carboxylic acids is 1. The third-order valence-corrected chi connectivity index (χ3v) is 6.54. The van der Waals surface area contributed by atoms with Crippen LogP contribution in [0.5, 0.6) is 11.5 Å². The summed E-state index contributed by atoms with van der Waals surface area (Å²) in [5.41, 5.74) is 6.54.